The summed E-state index contributed by atoms with van der Waals surface area (Å²) >= 11 is 1.71. The number of rotatable bonds is 2. The van der Waals surface area contributed by atoms with Gasteiger partial charge in [-0.05, 0) is 24.0 Å². The zero-order valence-corrected chi connectivity index (χ0v) is 10.4. The van der Waals surface area contributed by atoms with E-state index in [1.807, 2.05) is 12.1 Å². The van der Waals surface area contributed by atoms with E-state index in [1.54, 1.807) is 11.8 Å². The number of halogens is 1. The summed E-state index contributed by atoms with van der Waals surface area (Å²) in [7, 11) is 1.89. The molecule has 1 atom stereocenters. The van der Waals surface area contributed by atoms with Crippen molar-refractivity contribution in [3.63, 3.8) is 0 Å². The average Bonchev–Trinajstić information content (AvgIpc) is 2.15. The molecular formula is C10H11ClO2S2. The first-order chi connectivity index (χ1) is 7.04. The third-order valence-electron chi connectivity index (χ3n) is 2.39. The minimum atomic E-state index is -3.37. The van der Waals surface area contributed by atoms with Crippen LogP contribution in [0.2, 0.25) is 0 Å². The van der Waals surface area contributed by atoms with Crippen molar-refractivity contribution in [1.29, 1.82) is 0 Å². The second-order valence-corrected chi connectivity index (χ2v) is 7.58. The molecule has 0 saturated heterocycles. The molecule has 0 amide bonds. The Morgan fingerprint density at radius 3 is 2.87 bits per heavy atom. The van der Waals surface area contributed by atoms with Gasteiger partial charge in [-0.15, -0.1) is 11.8 Å². The molecule has 0 bridgehead atoms. The van der Waals surface area contributed by atoms with Crippen LogP contribution in [0.1, 0.15) is 5.56 Å². The van der Waals surface area contributed by atoms with E-state index >= 15 is 0 Å². The van der Waals surface area contributed by atoms with Gasteiger partial charge in [0, 0.05) is 21.3 Å². The van der Waals surface area contributed by atoms with Gasteiger partial charge in [0.15, 0.2) is 0 Å². The Kier molecular flexibility index (Phi) is 3.28. The van der Waals surface area contributed by atoms with Crippen LogP contribution in [-0.2, 0) is 15.5 Å². The summed E-state index contributed by atoms with van der Waals surface area (Å²) in [6.45, 7) is 0. The summed E-state index contributed by atoms with van der Waals surface area (Å²) in [5.41, 5.74) is 1.24. The number of benzene rings is 1. The van der Waals surface area contributed by atoms with Crippen molar-refractivity contribution in [3.05, 3.63) is 29.8 Å². The van der Waals surface area contributed by atoms with Crippen LogP contribution >= 0.6 is 22.4 Å². The van der Waals surface area contributed by atoms with Crippen LogP contribution < -0.4 is 0 Å². The fraction of sp³-hybridized carbons (Fsp3) is 0.400. The average molecular weight is 263 g/mol. The maximum absolute atomic E-state index is 11.0. The van der Waals surface area contributed by atoms with Crippen molar-refractivity contribution in [3.8, 4) is 0 Å². The van der Waals surface area contributed by atoms with Crippen LogP contribution in [0.15, 0.2) is 29.2 Å². The summed E-state index contributed by atoms with van der Waals surface area (Å²) in [5.74, 6) is 1.06. The van der Waals surface area contributed by atoms with Crippen LogP contribution in [0.25, 0.3) is 0 Å². The third kappa shape index (κ3) is 3.13. The topological polar surface area (TPSA) is 34.1 Å². The smallest absolute Gasteiger partial charge is 0.212 e. The monoisotopic (exact) mass is 262 g/mol. The molecule has 0 radical (unpaired) electrons. The summed E-state index contributed by atoms with van der Waals surface area (Å²) in [6, 6.07) is 8.11. The molecule has 0 fully saturated rings. The summed E-state index contributed by atoms with van der Waals surface area (Å²) < 4.78 is 21.9. The number of hydrogen-bond donors (Lipinski definition) is 0. The summed E-state index contributed by atoms with van der Waals surface area (Å²) in [5, 5.41) is 0. The fourth-order valence-electron chi connectivity index (χ4n) is 1.78. The molecule has 0 aliphatic carbocycles. The summed E-state index contributed by atoms with van der Waals surface area (Å²) in [4.78, 5) is 1.26. The largest absolute Gasteiger partial charge is 0.232 e. The Labute approximate surface area is 98.4 Å². The fourth-order valence-corrected chi connectivity index (χ4v) is 4.42. The number of fused-ring (bicyclic) bond motifs is 1. The second kappa shape index (κ2) is 4.36. The molecule has 0 aromatic heterocycles. The van der Waals surface area contributed by atoms with E-state index in [0.29, 0.717) is 0 Å². The highest BCUT2D eigenvalue weighted by molar-refractivity contribution is 8.13. The van der Waals surface area contributed by atoms with E-state index in [1.165, 1.54) is 10.5 Å². The maximum atomic E-state index is 11.0. The zero-order valence-electron chi connectivity index (χ0n) is 8.02. The second-order valence-electron chi connectivity index (χ2n) is 3.69. The highest BCUT2D eigenvalue weighted by atomic mass is 35.7. The van der Waals surface area contributed by atoms with Crippen LogP contribution in [0, 0.1) is 5.92 Å². The number of thioether (sulfide) groups is 1. The van der Waals surface area contributed by atoms with Crippen molar-refractivity contribution < 1.29 is 8.42 Å². The van der Waals surface area contributed by atoms with Gasteiger partial charge in [0.05, 0.1) is 5.75 Å². The Hall–Kier alpha value is -0.190. The van der Waals surface area contributed by atoms with Crippen LogP contribution in [0.3, 0.4) is 0 Å². The van der Waals surface area contributed by atoms with Gasteiger partial charge in [0.1, 0.15) is 0 Å². The molecule has 0 spiro atoms. The molecule has 2 rings (SSSR count). The molecule has 1 aromatic carbocycles. The molecule has 0 saturated carbocycles. The molecular weight excluding hydrogens is 252 g/mol. The van der Waals surface area contributed by atoms with Crippen molar-refractivity contribution >= 4 is 31.5 Å². The van der Waals surface area contributed by atoms with E-state index in [4.69, 9.17) is 10.7 Å². The predicted molar refractivity (Wildman–Crippen MR) is 64.0 cm³/mol. The Balaban J connectivity index is 2.12. The minimum Gasteiger partial charge on any atom is -0.212 e. The Morgan fingerprint density at radius 2 is 2.13 bits per heavy atom. The van der Waals surface area contributed by atoms with Gasteiger partial charge >= 0.3 is 0 Å². The number of hydrogen-bond acceptors (Lipinski definition) is 3. The molecule has 5 heteroatoms. The zero-order chi connectivity index (χ0) is 10.9. The molecule has 1 heterocycles. The Morgan fingerprint density at radius 1 is 1.40 bits per heavy atom. The first-order valence-corrected chi connectivity index (χ1v) is 8.14. The van der Waals surface area contributed by atoms with Crippen LogP contribution in [-0.4, -0.2) is 19.9 Å². The normalized spacial score (nSPS) is 21.0. The van der Waals surface area contributed by atoms with Gasteiger partial charge in [0.25, 0.3) is 0 Å². The van der Waals surface area contributed by atoms with Crippen LogP contribution in [0.5, 0.6) is 0 Å². The molecule has 82 valence electrons. The molecule has 1 aliphatic rings. The van der Waals surface area contributed by atoms with Crippen molar-refractivity contribution in [1.82, 2.24) is 0 Å². The highest BCUT2D eigenvalue weighted by Crippen LogP contribution is 2.33. The lowest BCUT2D eigenvalue weighted by atomic mass is 10.0. The lowest BCUT2D eigenvalue weighted by Crippen LogP contribution is -2.20. The van der Waals surface area contributed by atoms with Gasteiger partial charge in [-0.3, -0.25) is 0 Å². The molecule has 2 nitrogen and oxygen atoms in total. The van der Waals surface area contributed by atoms with Crippen molar-refractivity contribution in [2.24, 2.45) is 5.92 Å². The maximum Gasteiger partial charge on any atom is 0.232 e. The van der Waals surface area contributed by atoms with Crippen molar-refractivity contribution in [2.75, 3.05) is 11.5 Å². The molecule has 0 N–H and O–H groups in total. The molecule has 1 aromatic rings. The van der Waals surface area contributed by atoms with E-state index in [9.17, 15) is 8.42 Å². The van der Waals surface area contributed by atoms with Crippen molar-refractivity contribution in [2.45, 2.75) is 11.3 Å². The van der Waals surface area contributed by atoms with Gasteiger partial charge in [-0.1, -0.05) is 18.2 Å². The van der Waals surface area contributed by atoms with E-state index in [-0.39, 0.29) is 11.7 Å². The van der Waals surface area contributed by atoms with Gasteiger partial charge in [-0.2, -0.15) is 0 Å². The lowest BCUT2D eigenvalue weighted by Gasteiger charge is -2.22. The molecule has 1 unspecified atom stereocenters. The van der Waals surface area contributed by atoms with E-state index in [0.717, 1.165) is 12.2 Å². The van der Waals surface area contributed by atoms with E-state index < -0.39 is 9.05 Å². The predicted octanol–water partition coefficient (Wildman–Crippen LogP) is 2.52. The Bertz CT molecular complexity index is 456. The standard InChI is InChI=1S/C10H11ClO2S2/c11-15(12,13)7-8-5-9-3-1-2-4-10(9)14-6-8/h1-4,8H,5-7H2. The quantitative estimate of drug-likeness (QED) is 0.768. The molecule has 15 heavy (non-hydrogen) atoms. The first kappa shape index (κ1) is 11.3. The lowest BCUT2D eigenvalue weighted by molar-refractivity contribution is 0.581. The third-order valence-corrected chi connectivity index (χ3v) is 4.99. The highest BCUT2D eigenvalue weighted by Gasteiger charge is 2.23. The SMILES string of the molecule is O=S(=O)(Cl)CC1CSc2ccccc2C1. The first-order valence-electron chi connectivity index (χ1n) is 4.67. The van der Waals surface area contributed by atoms with Gasteiger partial charge in [-0.25, -0.2) is 8.42 Å². The molecule has 1 aliphatic heterocycles. The summed E-state index contributed by atoms with van der Waals surface area (Å²) in [6.07, 6.45) is 0.815. The van der Waals surface area contributed by atoms with Gasteiger partial charge in [0.2, 0.25) is 9.05 Å². The van der Waals surface area contributed by atoms with E-state index in [2.05, 4.69) is 12.1 Å². The van der Waals surface area contributed by atoms with Gasteiger partial charge < -0.3 is 0 Å². The van der Waals surface area contributed by atoms with Crippen LogP contribution in [0.4, 0.5) is 0 Å². The minimum absolute atomic E-state index is 0.0793.